The zero-order valence-corrected chi connectivity index (χ0v) is 14.9. The summed E-state index contributed by atoms with van der Waals surface area (Å²) in [6.45, 7) is 16.0. The van der Waals surface area contributed by atoms with E-state index in [4.69, 9.17) is 15.6 Å². The average Bonchev–Trinajstić information content (AvgIpc) is 3.00. The van der Waals surface area contributed by atoms with Crippen molar-refractivity contribution in [3.05, 3.63) is 0 Å². The summed E-state index contributed by atoms with van der Waals surface area (Å²) in [6.07, 6.45) is 4.33. The second-order valence-corrected chi connectivity index (χ2v) is 12.4. The molecular weight excluding hydrogens is 268 g/mol. The summed E-state index contributed by atoms with van der Waals surface area (Å²) in [7, 11) is -1.87. The smallest absolute Gasteiger partial charge is 0.200 e. The van der Waals surface area contributed by atoms with E-state index in [-0.39, 0.29) is 6.10 Å². The molecule has 3 atom stereocenters. The first-order valence-electron chi connectivity index (χ1n) is 7.58. The molecule has 116 valence electrons. The SMILES string of the molecule is C#C[C@H](O)C1(C)O[C@H]1CO[Si](C(C)C)(C(C)C)C(C)C. The molecular formula is C16H30O3Si. The maximum atomic E-state index is 9.78. The molecule has 0 radical (unpaired) electrons. The van der Waals surface area contributed by atoms with Gasteiger partial charge in [-0.3, -0.25) is 0 Å². The minimum Gasteiger partial charge on any atom is -0.413 e. The predicted octanol–water partition coefficient (Wildman–Crippen LogP) is 3.33. The van der Waals surface area contributed by atoms with Crippen LogP contribution in [0.2, 0.25) is 16.6 Å². The Hall–Kier alpha value is -0.343. The number of hydrogen-bond donors (Lipinski definition) is 1. The van der Waals surface area contributed by atoms with Crippen LogP contribution < -0.4 is 0 Å². The summed E-state index contributed by atoms with van der Waals surface area (Å²) >= 11 is 0. The molecule has 20 heavy (non-hydrogen) atoms. The second-order valence-electron chi connectivity index (χ2n) is 6.99. The summed E-state index contributed by atoms with van der Waals surface area (Å²) in [5.41, 5.74) is 1.01. The van der Waals surface area contributed by atoms with Crippen LogP contribution in [0, 0.1) is 12.3 Å². The van der Waals surface area contributed by atoms with Gasteiger partial charge in [0, 0.05) is 0 Å². The van der Waals surface area contributed by atoms with Crippen molar-refractivity contribution in [1.29, 1.82) is 0 Å². The number of aliphatic hydroxyl groups is 1. The van der Waals surface area contributed by atoms with Gasteiger partial charge in [0.15, 0.2) is 8.32 Å². The van der Waals surface area contributed by atoms with Gasteiger partial charge in [-0.05, 0) is 23.5 Å². The molecule has 0 aromatic heterocycles. The molecule has 1 saturated heterocycles. The Morgan fingerprint density at radius 3 is 2.00 bits per heavy atom. The van der Waals surface area contributed by atoms with Gasteiger partial charge in [0.2, 0.25) is 0 Å². The topological polar surface area (TPSA) is 42.0 Å². The van der Waals surface area contributed by atoms with Crippen LogP contribution in [0.5, 0.6) is 0 Å². The van der Waals surface area contributed by atoms with E-state index in [0.717, 1.165) is 0 Å². The lowest BCUT2D eigenvalue weighted by Gasteiger charge is -2.42. The Kier molecular flexibility index (Phi) is 5.48. The normalized spacial score (nSPS) is 28.0. The largest absolute Gasteiger partial charge is 0.413 e. The summed E-state index contributed by atoms with van der Waals surface area (Å²) in [5, 5.41) is 9.78. The van der Waals surface area contributed by atoms with Crippen molar-refractivity contribution in [3.63, 3.8) is 0 Å². The molecule has 0 aromatic carbocycles. The van der Waals surface area contributed by atoms with Gasteiger partial charge in [0.25, 0.3) is 0 Å². The van der Waals surface area contributed by atoms with Crippen LogP contribution in [-0.2, 0) is 9.16 Å². The summed E-state index contributed by atoms with van der Waals surface area (Å²) in [5.74, 6) is 2.35. The first kappa shape index (κ1) is 17.7. The minimum atomic E-state index is -1.87. The van der Waals surface area contributed by atoms with Gasteiger partial charge in [-0.2, -0.15) is 0 Å². The lowest BCUT2D eigenvalue weighted by atomic mass is 10.0. The van der Waals surface area contributed by atoms with E-state index in [1.165, 1.54) is 0 Å². The molecule has 0 saturated carbocycles. The van der Waals surface area contributed by atoms with Gasteiger partial charge in [0.05, 0.1) is 6.61 Å². The molecule has 0 aliphatic carbocycles. The molecule has 4 heteroatoms. The first-order valence-corrected chi connectivity index (χ1v) is 9.72. The van der Waals surface area contributed by atoms with Crippen LogP contribution in [0.15, 0.2) is 0 Å². The van der Waals surface area contributed by atoms with E-state index in [9.17, 15) is 5.11 Å². The highest BCUT2D eigenvalue weighted by molar-refractivity contribution is 6.77. The molecule has 0 bridgehead atoms. The Balaban J connectivity index is 2.74. The van der Waals surface area contributed by atoms with Crippen molar-refractivity contribution in [2.24, 2.45) is 0 Å². The zero-order valence-electron chi connectivity index (χ0n) is 13.9. The van der Waals surface area contributed by atoms with E-state index in [2.05, 4.69) is 47.5 Å². The van der Waals surface area contributed by atoms with E-state index in [1.54, 1.807) is 0 Å². The fourth-order valence-electron chi connectivity index (χ4n) is 3.60. The standard InChI is InChI=1S/C16H30O3Si/c1-9-14(17)16(8)15(19-16)10-18-20(11(2)3,12(4)5)13(6)7/h1,11-15,17H,10H2,2-8H3/t14-,15-,16?/m0/s1. The van der Waals surface area contributed by atoms with Crippen LogP contribution in [0.1, 0.15) is 48.5 Å². The van der Waals surface area contributed by atoms with Gasteiger partial charge in [-0.15, -0.1) is 6.42 Å². The Morgan fingerprint density at radius 2 is 1.65 bits per heavy atom. The van der Waals surface area contributed by atoms with Gasteiger partial charge >= 0.3 is 0 Å². The van der Waals surface area contributed by atoms with E-state index in [0.29, 0.717) is 23.2 Å². The highest BCUT2D eigenvalue weighted by atomic mass is 28.4. The summed E-state index contributed by atoms with van der Waals surface area (Å²) in [6, 6.07) is 0. The van der Waals surface area contributed by atoms with Crippen LogP contribution in [-0.4, -0.2) is 37.8 Å². The van der Waals surface area contributed by atoms with Crippen molar-refractivity contribution in [2.75, 3.05) is 6.61 Å². The van der Waals surface area contributed by atoms with Gasteiger partial charge in [-0.1, -0.05) is 47.5 Å². The predicted molar refractivity (Wildman–Crippen MR) is 85.1 cm³/mol. The third-order valence-electron chi connectivity index (χ3n) is 4.87. The maximum absolute atomic E-state index is 9.78. The maximum Gasteiger partial charge on any atom is 0.200 e. The number of hydrogen-bond acceptors (Lipinski definition) is 3. The molecule has 1 N–H and O–H groups in total. The Bertz CT molecular complexity index is 351. The molecule has 0 aromatic rings. The first-order chi connectivity index (χ1) is 9.12. The molecule has 1 heterocycles. The quantitative estimate of drug-likeness (QED) is 0.445. The van der Waals surface area contributed by atoms with E-state index in [1.807, 2.05) is 6.92 Å². The number of ether oxygens (including phenoxy) is 1. The Morgan fingerprint density at radius 1 is 1.20 bits per heavy atom. The molecule has 3 nitrogen and oxygen atoms in total. The van der Waals surface area contributed by atoms with Crippen LogP contribution in [0.4, 0.5) is 0 Å². The molecule has 1 unspecified atom stereocenters. The number of terminal acetylenes is 1. The molecule has 0 amide bonds. The van der Waals surface area contributed by atoms with Crippen LogP contribution in [0.25, 0.3) is 0 Å². The summed E-state index contributed by atoms with van der Waals surface area (Å²) in [4.78, 5) is 0. The second kappa shape index (κ2) is 6.19. The fourth-order valence-corrected chi connectivity index (χ4v) is 9.04. The van der Waals surface area contributed by atoms with Gasteiger partial charge in [0.1, 0.15) is 17.8 Å². The van der Waals surface area contributed by atoms with Crippen LogP contribution in [0.3, 0.4) is 0 Å². The molecule has 1 fully saturated rings. The van der Waals surface area contributed by atoms with Gasteiger partial charge in [-0.25, -0.2) is 0 Å². The molecule has 0 spiro atoms. The number of aliphatic hydroxyl groups excluding tert-OH is 1. The lowest BCUT2D eigenvalue weighted by Crippen LogP contribution is -2.49. The van der Waals surface area contributed by atoms with Crippen molar-refractivity contribution in [2.45, 2.75) is 82.9 Å². The zero-order chi connectivity index (χ0) is 15.7. The average molecular weight is 298 g/mol. The minimum absolute atomic E-state index is 0.0864. The molecule has 1 rings (SSSR count). The molecule has 1 aliphatic heterocycles. The fraction of sp³-hybridized carbons (Fsp3) is 0.875. The van der Waals surface area contributed by atoms with Gasteiger partial charge < -0.3 is 14.3 Å². The van der Waals surface area contributed by atoms with Crippen molar-refractivity contribution in [3.8, 4) is 12.3 Å². The number of rotatable bonds is 7. The van der Waals surface area contributed by atoms with Crippen molar-refractivity contribution < 1.29 is 14.3 Å². The van der Waals surface area contributed by atoms with E-state index < -0.39 is 20.0 Å². The number of epoxide rings is 1. The third-order valence-corrected chi connectivity index (χ3v) is 11.0. The van der Waals surface area contributed by atoms with Crippen molar-refractivity contribution in [1.82, 2.24) is 0 Å². The molecule has 1 aliphatic rings. The lowest BCUT2D eigenvalue weighted by molar-refractivity contribution is 0.131. The summed E-state index contributed by atoms with van der Waals surface area (Å²) < 4.78 is 12.1. The monoisotopic (exact) mass is 298 g/mol. The van der Waals surface area contributed by atoms with Crippen LogP contribution >= 0.6 is 0 Å². The Labute approximate surface area is 125 Å². The highest BCUT2D eigenvalue weighted by Gasteiger charge is 2.58. The van der Waals surface area contributed by atoms with Crippen molar-refractivity contribution >= 4 is 8.32 Å². The van der Waals surface area contributed by atoms with E-state index >= 15 is 0 Å². The highest BCUT2D eigenvalue weighted by Crippen LogP contribution is 2.45. The third kappa shape index (κ3) is 2.96.